The number of aldehydes is 1. The van der Waals surface area contributed by atoms with Crippen molar-refractivity contribution < 1.29 is 18.0 Å². The lowest BCUT2D eigenvalue weighted by molar-refractivity contribution is -0.137. The number of aromatic nitrogens is 1. The number of halogens is 3. The molecule has 0 fully saturated rings. The lowest BCUT2D eigenvalue weighted by Gasteiger charge is -2.08. The molecule has 1 rings (SSSR count). The second-order valence-electron chi connectivity index (χ2n) is 2.83. The van der Waals surface area contributed by atoms with Gasteiger partial charge in [-0.05, 0) is 6.07 Å². The van der Waals surface area contributed by atoms with Gasteiger partial charge in [0, 0.05) is 11.8 Å². The average molecular weight is 228 g/mol. The van der Waals surface area contributed by atoms with Gasteiger partial charge in [-0.15, -0.1) is 0 Å². The number of carbonyl (C=O) groups is 1. The van der Waals surface area contributed by atoms with Gasteiger partial charge in [0.05, 0.1) is 12.0 Å². The second-order valence-corrected chi connectivity index (χ2v) is 2.83. The van der Waals surface area contributed by atoms with Crippen molar-refractivity contribution in [1.29, 1.82) is 0 Å². The average Bonchev–Trinajstić information content (AvgIpc) is 2.19. The molecule has 0 saturated heterocycles. The van der Waals surface area contributed by atoms with Gasteiger partial charge in [-0.2, -0.15) is 13.2 Å². The molecule has 0 atom stereocenters. The van der Waals surface area contributed by atoms with Crippen molar-refractivity contribution in [3.05, 3.63) is 23.4 Å². The maximum absolute atomic E-state index is 12.4. The summed E-state index contributed by atoms with van der Waals surface area (Å²) in [6.45, 7) is 0. The van der Waals surface area contributed by atoms with E-state index in [2.05, 4.69) is 16.8 Å². The number of nitrogens with zero attached hydrogens (tertiary/aromatic N) is 1. The molecule has 0 aliphatic heterocycles. The number of anilines is 1. The van der Waals surface area contributed by atoms with Gasteiger partial charge in [-0.3, -0.25) is 0 Å². The van der Waals surface area contributed by atoms with Gasteiger partial charge in [0.1, 0.15) is 12.1 Å². The van der Waals surface area contributed by atoms with Gasteiger partial charge in [0.25, 0.3) is 0 Å². The molecule has 0 aromatic carbocycles. The van der Waals surface area contributed by atoms with E-state index in [0.29, 0.717) is 6.29 Å². The third-order valence-corrected chi connectivity index (χ3v) is 1.64. The Labute approximate surface area is 89.5 Å². The zero-order chi connectivity index (χ0) is 12.2. The van der Waals surface area contributed by atoms with Gasteiger partial charge in [0.2, 0.25) is 0 Å². The highest BCUT2D eigenvalue weighted by Crippen LogP contribution is 2.32. The van der Waals surface area contributed by atoms with E-state index in [1.807, 2.05) is 0 Å². The summed E-state index contributed by atoms with van der Waals surface area (Å²) in [4.78, 5) is 13.3. The number of carbonyl (C=O) groups excluding carboxylic acids is 1. The monoisotopic (exact) mass is 228 g/mol. The molecule has 0 spiro atoms. The molecule has 0 aliphatic carbocycles. The molecular formula is C10H7F3N2O. The summed E-state index contributed by atoms with van der Waals surface area (Å²) in [7, 11) is 0. The highest BCUT2D eigenvalue weighted by Gasteiger charge is 2.33. The van der Waals surface area contributed by atoms with Crippen LogP contribution < -0.4 is 5.73 Å². The Hall–Kier alpha value is -2.03. The molecular weight excluding hydrogens is 221 g/mol. The Morgan fingerprint density at radius 2 is 2.19 bits per heavy atom. The Kier molecular flexibility index (Phi) is 3.51. The first kappa shape index (κ1) is 12.0. The lowest BCUT2D eigenvalue weighted by Crippen LogP contribution is -2.10. The van der Waals surface area contributed by atoms with Gasteiger partial charge in [-0.25, -0.2) is 4.98 Å². The normalized spacial score (nSPS) is 10.4. The molecule has 3 nitrogen and oxygen atoms in total. The summed E-state index contributed by atoms with van der Waals surface area (Å²) in [5, 5.41) is 0. The van der Waals surface area contributed by atoms with E-state index in [4.69, 9.17) is 5.73 Å². The Morgan fingerprint density at radius 3 is 2.75 bits per heavy atom. The van der Waals surface area contributed by atoms with Crippen molar-refractivity contribution in [1.82, 2.24) is 4.98 Å². The highest BCUT2D eigenvalue weighted by molar-refractivity contribution is 5.55. The first-order chi connectivity index (χ1) is 7.45. The minimum absolute atomic E-state index is 0.0360. The lowest BCUT2D eigenvalue weighted by atomic mass is 10.2. The molecule has 16 heavy (non-hydrogen) atoms. The first-order valence-corrected chi connectivity index (χ1v) is 4.20. The molecule has 1 heterocycles. The third kappa shape index (κ3) is 2.98. The number of nitrogens with two attached hydrogens (primary N) is 1. The minimum Gasteiger partial charge on any atom is -0.383 e. The molecule has 0 aliphatic rings. The zero-order valence-electron chi connectivity index (χ0n) is 8.01. The van der Waals surface area contributed by atoms with Crippen LogP contribution in [0.25, 0.3) is 0 Å². The number of hydrogen-bond acceptors (Lipinski definition) is 3. The van der Waals surface area contributed by atoms with E-state index < -0.39 is 17.6 Å². The van der Waals surface area contributed by atoms with Gasteiger partial charge in [-0.1, -0.05) is 11.8 Å². The van der Waals surface area contributed by atoms with Crippen molar-refractivity contribution in [3.8, 4) is 11.8 Å². The van der Waals surface area contributed by atoms with Crippen LogP contribution in [-0.4, -0.2) is 11.3 Å². The predicted octanol–water partition coefficient (Wildman–Crippen LogP) is 1.62. The molecule has 1 aromatic heterocycles. The first-order valence-electron chi connectivity index (χ1n) is 4.20. The van der Waals surface area contributed by atoms with E-state index in [9.17, 15) is 18.0 Å². The number of pyridine rings is 1. The quantitative estimate of drug-likeness (QED) is 0.587. The van der Waals surface area contributed by atoms with E-state index in [0.717, 1.165) is 12.3 Å². The van der Waals surface area contributed by atoms with Crippen LogP contribution in [0.2, 0.25) is 0 Å². The molecule has 1 aromatic rings. The number of rotatable bonds is 1. The van der Waals surface area contributed by atoms with E-state index in [1.165, 1.54) is 0 Å². The molecule has 0 radical (unpaired) electrons. The SMILES string of the molecule is Nc1ncc(C#CCC=O)cc1C(F)(F)F. The Balaban J connectivity index is 3.09. The summed E-state index contributed by atoms with van der Waals surface area (Å²) in [6.07, 6.45) is -2.91. The van der Waals surface area contributed by atoms with E-state index in [1.54, 1.807) is 0 Å². The standard InChI is InChI=1S/C10H7F3N2O/c11-10(12,13)8-5-7(3-1-2-4-16)6-15-9(8)14/h4-6H,2H2,(H2,14,15). The van der Waals surface area contributed by atoms with Crippen LogP contribution in [0.15, 0.2) is 12.3 Å². The molecule has 0 unspecified atom stereocenters. The predicted molar refractivity (Wildman–Crippen MR) is 51.2 cm³/mol. The van der Waals surface area contributed by atoms with Gasteiger partial charge < -0.3 is 10.5 Å². The summed E-state index contributed by atoms with van der Waals surface area (Å²) >= 11 is 0. The van der Waals surface area contributed by atoms with Gasteiger partial charge in [0.15, 0.2) is 0 Å². The van der Waals surface area contributed by atoms with E-state index >= 15 is 0 Å². The van der Waals surface area contributed by atoms with Crippen molar-refractivity contribution in [2.45, 2.75) is 12.6 Å². The van der Waals surface area contributed by atoms with Crippen molar-refractivity contribution in [2.24, 2.45) is 0 Å². The Bertz CT molecular complexity index is 457. The molecule has 0 amide bonds. The van der Waals surface area contributed by atoms with Crippen LogP contribution in [0, 0.1) is 11.8 Å². The maximum atomic E-state index is 12.4. The highest BCUT2D eigenvalue weighted by atomic mass is 19.4. The zero-order valence-corrected chi connectivity index (χ0v) is 8.01. The van der Waals surface area contributed by atoms with Crippen molar-refractivity contribution in [3.63, 3.8) is 0 Å². The minimum atomic E-state index is -4.56. The fraction of sp³-hybridized carbons (Fsp3) is 0.200. The van der Waals surface area contributed by atoms with Gasteiger partial charge >= 0.3 is 6.18 Å². The summed E-state index contributed by atoms with van der Waals surface area (Å²) in [6, 6.07) is 0.806. The molecule has 84 valence electrons. The third-order valence-electron chi connectivity index (χ3n) is 1.64. The number of nitrogen functional groups attached to an aromatic ring is 1. The van der Waals surface area contributed by atoms with Crippen molar-refractivity contribution >= 4 is 12.1 Å². The van der Waals surface area contributed by atoms with Crippen LogP contribution >= 0.6 is 0 Å². The number of alkyl halides is 3. The summed E-state index contributed by atoms with van der Waals surface area (Å²) in [5.41, 5.74) is 4.14. The van der Waals surface area contributed by atoms with E-state index in [-0.39, 0.29) is 12.0 Å². The molecule has 2 N–H and O–H groups in total. The fourth-order valence-corrected chi connectivity index (χ4v) is 0.966. The topological polar surface area (TPSA) is 56.0 Å². The van der Waals surface area contributed by atoms with Crippen LogP contribution in [0.4, 0.5) is 19.0 Å². The molecule has 0 bridgehead atoms. The largest absolute Gasteiger partial charge is 0.419 e. The molecule has 6 heteroatoms. The fourth-order valence-electron chi connectivity index (χ4n) is 0.966. The smallest absolute Gasteiger partial charge is 0.383 e. The van der Waals surface area contributed by atoms with Crippen LogP contribution in [-0.2, 0) is 11.0 Å². The molecule has 0 saturated carbocycles. The second kappa shape index (κ2) is 4.66. The Morgan fingerprint density at radius 1 is 1.50 bits per heavy atom. The summed E-state index contributed by atoms with van der Waals surface area (Å²) < 4.78 is 37.2. The van der Waals surface area contributed by atoms with Crippen LogP contribution in [0.5, 0.6) is 0 Å². The summed E-state index contributed by atoms with van der Waals surface area (Å²) in [5.74, 6) is 4.18. The van der Waals surface area contributed by atoms with Crippen molar-refractivity contribution in [2.75, 3.05) is 5.73 Å². The number of hydrogen-bond donors (Lipinski definition) is 1. The van der Waals surface area contributed by atoms with Crippen LogP contribution in [0.3, 0.4) is 0 Å². The maximum Gasteiger partial charge on any atom is 0.419 e. The van der Waals surface area contributed by atoms with Crippen LogP contribution in [0.1, 0.15) is 17.5 Å².